The van der Waals surface area contributed by atoms with E-state index in [0.717, 1.165) is 5.71 Å². The first kappa shape index (κ1) is 11.4. The number of rotatable bonds is 0. The average molecular weight is 252 g/mol. The van der Waals surface area contributed by atoms with E-state index in [1.165, 1.54) is 4.90 Å². The molecule has 0 aliphatic carbocycles. The van der Waals surface area contributed by atoms with E-state index < -0.39 is 6.04 Å². The van der Waals surface area contributed by atoms with Crippen LogP contribution < -0.4 is 16.1 Å². The molecule has 0 aromatic carbocycles. The molecular weight excluding hydrogens is 236 g/mol. The Kier molecular flexibility index (Phi) is 2.32. The maximum Gasteiger partial charge on any atom is 0.325 e. The van der Waals surface area contributed by atoms with Crippen LogP contribution in [0.5, 0.6) is 0 Å². The topological polar surface area (TPSA) is 89.1 Å². The van der Waals surface area contributed by atoms with Gasteiger partial charge in [0.1, 0.15) is 12.2 Å². The van der Waals surface area contributed by atoms with Crippen molar-refractivity contribution in [1.29, 1.82) is 0 Å². The minimum Gasteiger partial charge on any atom is -0.310 e. The first-order valence-corrected chi connectivity index (χ1v) is 5.91. The van der Waals surface area contributed by atoms with Crippen LogP contribution in [0.2, 0.25) is 0 Å². The van der Waals surface area contributed by atoms with Crippen molar-refractivity contribution >= 4 is 17.6 Å². The number of urea groups is 1. The molecule has 4 atom stereocenters. The number of carbonyl (C=O) groups excluding carboxylic acids is 2. The highest BCUT2D eigenvalue weighted by atomic mass is 16.2. The molecular formula is C10H16N6O2. The fourth-order valence-electron chi connectivity index (χ4n) is 2.70. The molecule has 3 aliphatic heterocycles. The number of hydrogen-bond donors (Lipinski definition) is 3. The maximum atomic E-state index is 12.0. The van der Waals surface area contributed by atoms with Crippen molar-refractivity contribution in [3.63, 3.8) is 0 Å². The van der Waals surface area contributed by atoms with Crippen LogP contribution in [0, 0.1) is 0 Å². The number of likely N-dealkylation sites (N-methyl/N-ethyl adjacent to an activating group) is 1. The van der Waals surface area contributed by atoms with E-state index in [1.54, 1.807) is 7.05 Å². The summed E-state index contributed by atoms with van der Waals surface area (Å²) >= 11 is 0. The number of imide groups is 1. The van der Waals surface area contributed by atoms with Crippen molar-refractivity contribution in [2.45, 2.75) is 38.4 Å². The molecule has 98 valence electrons. The Balaban J connectivity index is 1.96. The number of hydrogen-bond acceptors (Lipinski definition) is 6. The molecule has 0 saturated carbocycles. The van der Waals surface area contributed by atoms with E-state index >= 15 is 0 Å². The largest absolute Gasteiger partial charge is 0.325 e. The van der Waals surface area contributed by atoms with Gasteiger partial charge in [-0.3, -0.25) is 20.9 Å². The Labute approximate surface area is 104 Å². The molecule has 0 spiro atoms. The third-order valence-corrected chi connectivity index (χ3v) is 3.90. The molecule has 2 saturated heterocycles. The van der Waals surface area contributed by atoms with Crippen LogP contribution in [-0.4, -0.2) is 59.0 Å². The van der Waals surface area contributed by atoms with Crippen molar-refractivity contribution < 1.29 is 9.59 Å². The van der Waals surface area contributed by atoms with Crippen LogP contribution in [0.3, 0.4) is 0 Å². The van der Waals surface area contributed by atoms with Gasteiger partial charge in [0, 0.05) is 7.05 Å². The van der Waals surface area contributed by atoms with Gasteiger partial charge < -0.3 is 4.90 Å². The predicted octanol–water partition coefficient (Wildman–Crippen LogP) is -1.58. The Morgan fingerprint density at radius 1 is 1.33 bits per heavy atom. The number of fused-ring (bicyclic) bond motifs is 3. The molecule has 0 aromatic rings. The minimum atomic E-state index is -0.398. The fraction of sp³-hybridized carbons (Fsp3) is 0.700. The molecule has 3 N–H and O–H groups in total. The van der Waals surface area contributed by atoms with Crippen molar-refractivity contribution in [2.75, 3.05) is 7.05 Å². The quantitative estimate of drug-likeness (QED) is 0.484. The molecule has 0 bridgehead atoms. The summed E-state index contributed by atoms with van der Waals surface area (Å²) in [6.07, 6.45) is -0.551. The first-order valence-electron chi connectivity index (χ1n) is 5.91. The van der Waals surface area contributed by atoms with Gasteiger partial charge in [-0.2, -0.15) is 5.10 Å². The molecule has 8 nitrogen and oxygen atoms in total. The Hall–Kier alpha value is -1.67. The highest BCUT2D eigenvalue weighted by Gasteiger charge is 2.53. The molecule has 3 amide bonds. The highest BCUT2D eigenvalue weighted by molar-refractivity contribution is 6.01. The summed E-state index contributed by atoms with van der Waals surface area (Å²) < 4.78 is 0. The van der Waals surface area contributed by atoms with Crippen molar-refractivity contribution in [3.05, 3.63) is 0 Å². The van der Waals surface area contributed by atoms with E-state index in [-0.39, 0.29) is 30.4 Å². The number of nitrogens with zero attached hydrogens (tertiary/aromatic N) is 3. The van der Waals surface area contributed by atoms with Gasteiger partial charge in [-0.15, -0.1) is 0 Å². The zero-order valence-corrected chi connectivity index (χ0v) is 10.5. The fourth-order valence-corrected chi connectivity index (χ4v) is 2.70. The average Bonchev–Trinajstić information content (AvgIpc) is 2.72. The number of hydrazone groups is 1. The smallest absolute Gasteiger partial charge is 0.310 e. The lowest BCUT2D eigenvalue weighted by atomic mass is 10.1. The summed E-state index contributed by atoms with van der Waals surface area (Å²) in [5.41, 5.74) is 3.88. The summed E-state index contributed by atoms with van der Waals surface area (Å²) in [6.45, 7) is 3.91. The minimum absolute atomic E-state index is 0.0473. The van der Waals surface area contributed by atoms with Gasteiger partial charge in [0.25, 0.3) is 0 Å². The molecule has 2 fully saturated rings. The summed E-state index contributed by atoms with van der Waals surface area (Å²) in [5, 5.41) is 9.78. The van der Waals surface area contributed by atoms with Gasteiger partial charge in [0.05, 0.1) is 11.8 Å². The second-order valence-electron chi connectivity index (χ2n) is 4.87. The van der Waals surface area contributed by atoms with Crippen LogP contribution in [-0.2, 0) is 4.79 Å². The highest BCUT2D eigenvalue weighted by Crippen LogP contribution is 2.26. The summed E-state index contributed by atoms with van der Waals surface area (Å²) in [5.74, 6) is -0.263. The van der Waals surface area contributed by atoms with Gasteiger partial charge in [-0.25, -0.2) is 9.69 Å². The molecule has 18 heavy (non-hydrogen) atoms. The van der Waals surface area contributed by atoms with Gasteiger partial charge in [0.15, 0.2) is 6.29 Å². The molecule has 3 aliphatic rings. The van der Waals surface area contributed by atoms with Gasteiger partial charge in [-0.1, -0.05) is 0 Å². The Morgan fingerprint density at radius 3 is 2.78 bits per heavy atom. The van der Waals surface area contributed by atoms with Gasteiger partial charge in [-0.05, 0) is 13.8 Å². The third kappa shape index (κ3) is 1.36. The van der Waals surface area contributed by atoms with E-state index in [9.17, 15) is 9.59 Å². The monoisotopic (exact) mass is 252 g/mol. The van der Waals surface area contributed by atoms with E-state index in [1.807, 2.05) is 18.7 Å². The van der Waals surface area contributed by atoms with Gasteiger partial charge in [0.2, 0.25) is 5.91 Å². The van der Waals surface area contributed by atoms with Crippen molar-refractivity contribution in [1.82, 2.24) is 25.9 Å². The lowest BCUT2D eigenvalue weighted by molar-refractivity contribution is -0.128. The van der Waals surface area contributed by atoms with E-state index in [0.29, 0.717) is 0 Å². The zero-order valence-electron chi connectivity index (χ0n) is 10.5. The third-order valence-electron chi connectivity index (χ3n) is 3.90. The first-order chi connectivity index (χ1) is 8.50. The second-order valence-corrected chi connectivity index (χ2v) is 4.87. The van der Waals surface area contributed by atoms with Gasteiger partial charge >= 0.3 is 6.03 Å². The Bertz CT molecular complexity index is 450. The van der Waals surface area contributed by atoms with Crippen LogP contribution >= 0.6 is 0 Å². The molecule has 4 unspecified atom stereocenters. The van der Waals surface area contributed by atoms with E-state index in [2.05, 4.69) is 21.2 Å². The van der Waals surface area contributed by atoms with Crippen LogP contribution in [0.1, 0.15) is 13.8 Å². The van der Waals surface area contributed by atoms with Crippen LogP contribution in [0.25, 0.3) is 0 Å². The summed E-state index contributed by atoms with van der Waals surface area (Å²) in [4.78, 5) is 27.1. The standard InChI is InChI=1S/C10H16N6O2/c1-4-5(2)16-6-7(11-9(16)14-13-4)15(3)10(18)12-8(6)17/h5-7,9,11,14H,1-3H3,(H,12,17,18). The SMILES string of the molecule is CC1=NNC2NC3C(C(=O)NC(=O)N3C)N2C1C. The second kappa shape index (κ2) is 3.66. The molecule has 0 aromatic heterocycles. The predicted molar refractivity (Wildman–Crippen MR) is 63.3 cm³/mol. The number of carbonyl (C=O) groups is 2. The zero-order chi connectivity index (χ0) is 13.0. The maximum absolute atomic E-state index is 12.0. The van der Waals surface area contributed by atoms with Crippen LogP contribution in [0.4, 0.5) is 4.79 Å². The Morgan fingerprint density at radius 2 is 2.06 bits per heavy atom. The normalized spacial score (nSPS) is 39.7. The van der Waals surface area contributed by atoms with E-state index in [4.69, 9.17) is 0 Å². The van der Waals surface area contributed by atoms with Crippen molar-refractivity contribution in [2.24, 2.45) is 5.10 Å². The van der Waals surface area contributed by atoms with Crippen molar-refractivity contribution in [3.8, 4) is 0 Å². The number of amides is 3. The molecule has 8 heteroatoms. The lowest BCUT2D eigenvalue weighted by Crippen LogP contribution is -2.66. The molecule has 0 radical (unpaired) electrons. The molecule has 3 heterocycles. The number of nitrogens with one attached hydrogen (secondary N) is 3. The van der Waals surface area contributed by atoms with Crippen LogP contribution in [0.15, 0.2) is 5.10 Å². The lowest BCUT2D eigenvalue weighted by Gasteiger charge is -2.39. The summed E-state index contributed by atoms with van der Waals surface area (Å²) in [6, 6.07) is -0.726. The summed E-state index contributed by atoms with van der Waals surface area (Å²) in [7, 11) is 1.67. The molecule has 3 rings (SSSR count).